The number of likely N-dealkylation sites (tertiary alicyclic amines) is 1. The summed E-state index contributed by atoms with van der Waals surface area (Å²) in [7, 11) is 0. The van der Waals surface area contributed by atoms with Gasteiger partial charge in [-0.25, -0.2) is 0 Å². The second-order valence-corrected chi connectivity index (χ2v) is 9.52. The van der Waals surface area contributed by atoms with Gasteiger partial charge in [-0.2, -0.15) is 0 Å². The number of nitrogens with zero attached hydrogens (tertiary/aromatic N) is 1. The van der Waals surface area contributed by atoms with Gasteiger partial charge in [-0.15, -0.1) is 0 Å². The molecule has 0 spiro atoms. The molecule has 3 atom stereocenters. The SMILES string of the molecule is CC1CC(C)CN(CCNC(=O)C(C)NC(=O)c2ccc(C(C)(C)C)cc2)C1. The number of amides is 2. The molecule has 1 aromatic carbocycles. The summed E-state index contributed by atoms with van der Waals surface area (Å²) in [6.07, 6.45) is 1.28. The molecule has 1 aliphatic heterocycles. The molecule has 156 valence electrons. The average Bonchev–Trinajstić information content (AvgIpc) is 2.60. The molecule has 5 nitrogen and oxygen atoms in total. The normalized spacial score (nSPS) is 21.8. The Morgan fingerprint density at radius 3 is 2.21 bits per heavy atom. The zero-order chi connectivity index (χ0) is 20.9. The van der Waals surface area contributed by atoms with E-state index in [1.54, 1.807) is 6.92 Å². The van der Waals surface area contributed by atoms with Gasteiger partial charge < -0.3 is 15.5 Å². The van der Waals surface area contributed by atoms with Gasteiger partial charge in [0.05, 0.1) is 0 Å². The number of nitrogens with one attached hydrogen (secondary N) is 2. The maximum Gasteiger partial charge on any atom is 0.251 e. The van der Waals surface area contributed by atoms with Crippen LogP contribution in [0.2, 0.25) is 0 Å². The Hall–Kier alpha value is -1.88. The van der Waals surface area contributed by atoms with Crippen LogP contribution >= 0.6 is 0 Å². The fraction of sp³-hybridized carbons (Fsp3) is 0.652. The van der Waals surface area contributed by atoms with Crippen LogP contribution in [0.5, 0.6) is 0 Å². The van der Waals surface area contributed by atoms with Crippen LogP contribution in [0.4, 0.5) is 0 Å². The zero-order valence-electron chi connectivity index (χ0n) is 18.3. The summed E-state index contributed by atoms with van der Waals surface area (Å²) in [6, 6.07) is 7.02. The number of rotatable bonds is 6. The molecule has 0 aliphatic carbocycles. The number of hydrogen-bond donors (Lipinski definition) is 2. The van der Waals surface area contributed by atoms with Crippen LogP contribution in [0, 0.1) is 11.8 Å². The van der Waals surface area contributed by atoms with E-state index in [2.05, 4.69) is 50.2 Å². The second-order valence-electron chi connectivity index (χ2n) is 9.52. The molecular weight excluding hydrogens is 350 g/mol. The van der Waals surface area contributed by atoms with Gasteiger partial charge in [0, 0.05) is 31.7 Å². The quantitative estimate of drug-likeness (QED) is 0.788. The Morgan fingerprint density at radius 1 is 1.11 bits per heavy atom. The number of benzene rings is 1. The Bertz CT molecular complexity index is 653. The minimum absolute atomic E-state index is 0.0477. The maximum absolute atomic E-state index is 12.4. The Labute approximate surface area is 170 Å². The van der Waals surface area contributed by atoms with Crippen molar-refractivity contribution in [1.29, 1.82) is 0 Å². The summed E-state index contributed by atoms with van der Waals surface area (Å²) in [5.41, 5.74) is 1.80. The highest BCUT2D eigenvalue weighted by Gasteiger charge is 2.22. The zero-order valence-corrected chi connectivity index (χ0v) is 18.3. The minimum atomic E-state index is -0.561. The standard InChI is InChI=1S/C23H37N3O2/c1-16-13-17(2)15-26(14-16)12-11-24-21(27)18(3)25-22(28)19-7-9-20(10-8-19)23(4,5)6/h7-10,16-18H,11-15H2,1-6H3,(H,24,27)(H,25,28). The molecule has 1 saturated heterocycles. The van der Waals surface area contributed by atoms with E-state index in [0.29, 0.717) is 23.9 Å². The van der Waals surface area contributed by atoms with Crippen molar-refractivity contribution in [2.75, 3.05) is 26.2 Å². The Morgan fingerprint density at radius 2 is 1.68 bits per heavy atom. The van der Waals surface area contributed by atoms with Gasteiger partial charge >= 0.3 is 0 Å². The predicted octanol–water partition coefficient (Wildman–Crippen LogP) is 3.20. The highest BCUT2D eigenvalue weighted by Crippen LogP contribution is 2.22. The summed E-state index contributed by atoms with van der Waals surface area (Å²) in [5.74, 6) is 1.06. The summed E-state index contributed by atoms with van der Waals surface area (Å²) >= 11 is 0. The van der Waals surface area contributed by atoms with E-state index >= 15 is 0 Å². The fourth-order valence-electron chi connectivity index (χ4n) is 3.93. The van der Waals surface area contributed by atoms with Crippen molar-refractivity contribution in [3.05, 3.63) is 35.4 Å². The third-order valence-electron chi connectivity index (χ3n) is 5.43. The summed E-state index contributed by atoms with van der Waals surface area (Å²) in [6.45, 7) is 16.4. The van der Waals surface area contributed by atoms with Crippen molar-refractivity contribution in [2.45, 2.75) is 59.4 Å². The van der Waals surface area contributed by atoms with Gasteiger partial charge in [0.15, 0.2) is 0 Å². The van der Waals surface area contributed by atoms with E-state index in [4.69, 9.17) is 0 Å². The molecule has 1 aromatic rings. The number of piperidine rings is 1. The second kappa shape index (κ2) is 9.55. The summed E-state index contributed by atoms with van der Waals surface area (Å²) in [5, 5.41) is 5.74. The molecule has 1 heterocycles. The maximum atomic E-state index is 12.4. The molecule has 0 radical (unpaired) electrons. The van der Waals surface area contributed by atoms with Gasteiger partial charge in [-0.3, -0.25) is 9.59 Å². The smallest absolute Gasteiger partial charge is 0.251 e. The Balaban J connectivity index is 1.77. The van der Waals surface area contributed by atoms with Gasteiger partial charge in [0.25, 0.3) is 5.91 Å². The molecule has 0 bridgehead atoms. The molecule has 0 aromatic heterocycles. The van der Waals surface area contributed by atoms with Crippen LogP contribution in [0.15, 0.2) is 24.3 Å². The van der Waals surface area contributed by atoms with Crippen molar-refractivity contribution in [3.63, 3.8) is 0 Å². The molecule has 0 saturated carbocycles. The third-order valence-corrected chi connectivity index (χ3v) is 5.43. The van der Waals surface area contributed by atoms with Crippen molar-refractivity contribution in [3.8, 4) is 0 Å². The highest BCUT2D eigenvalue weighted by atomic mass is 16.2. The first-order chi connectivity index (χ1) is 13.1. The van der Waals surface area contributed by atoms with Crippen LogP contribution in [-0.2, 0) is 10.2 Å². The predicted molar refractivity (Wildman–Crippen MR) is 114 cm³/mol. The first-order valence-electron chi connectivity index (χ1n) is 10.5. The molecule has 1 aliphatic rings. The molecule has 5 heteroatoms. The molecule has 28 heavy (non-hydrogen) atoms. The van der Waals surface area contributed by atoms with E-state index < -0.39 is 6.04 Å². The van der Waals surface area contributed by atoms with Crippen LogP contribution in [0.1, 0.15) is 63.9 Å². The minimum Gasteiger partial charge on any atom is -0.353 e. The monoisotopic (exact) mass is 387 g/mol. The fourth-order valence-corrected chi connectivity index (χ4v) is 3.93. The molecule has 3 unspecified atom stereocenters. The molecule has 2 rings (SSSR count). The van der Waals surface area contributed by atoms with Crippen LogP contribution in [-0.4, -0.2) is 48.9 Å². The van der Waals surface area contributed by atoms with Gasteiger partial charge in [-0.05, 0) is 48.3 Å². The lowest BCUT2D eigenvalue weighted by molar-refractivity contribution is -0.122. The Kier molecular flexibility index (Phi) is 7.64. The van der Waals surface area contributed by atoms with Crippen molar-refractivity contribution < 1.29 is 9.59 Å². The highest BCUT2D eigenvalue weighted by molar-refractivity contribution is 5.97. The molecule has 2 amide bonds. The van der Waals surface area contributed by atoms with Crippen LogP contribution in [0.3, 0.4) is 0 Å². The average molecular weight is 388 g/mol. The van der Waals surface area contributed by atoms with E-state index in [0.717, 1.165) is 19.6 Å². The van der Waals surface area contributed by atoms with Crippen molar-refractivity contribution in [1.82, 2.24) is 15.5 Å². The number of hydrogen-bond acceptors (Lipinski definition) is 3. The molecule has 2 N–H and O–H groups in total. The lowest BCUT2D eigenvalue weighted by Gasteiger charge is -2.35. The first-order valence-corrected chi connectivity index (χ1v) is 10.5. The van der Waals surface area contributed by atoms with E-state index in [1.165, 1.54) is 12.0 Å². The van der Waals surface area contributed by atoms with E-state index in [1.807, 2.05) is 24.3 Å². The summed E-state index contributed by atoms with van der Waals surface area (Å²) in [4.78, 5) is 27.2. The largest absolute Gasteiger partial charge is 0.353 e. The van der Waals surface area contributed by atoms with Crippen LogP contribution < -0.4 is 10.6 Å². The van der Waals surface area contributed by atoms with Gasteiger partial charge in [0.2, 0.25) is 5.91 Å². The first kappa shape index (κ1) is 22.4. The van der Waals surface area contributed by atoms with Gasteiger partial charge in [-0.1, -0.05) is 46.8 Å². The number of carbonyl (C=O) groups is 2. The van der Waals surface area contributed by atoms with Crippen molar-refractivity contribution in [2.24, 2.45) is 11.8 Å². The topological polar surface area (TPSA) is 61.4 Å². The number of carbonyl (C=O) groups excluding carboxylic acids is 2. The van der Waals surface area contributed by atoms with E-state index in [-0.39, 0.29) is 17.2 Å². The van der Waals surface area contributed by atoms with Crippen LogP contribution in [0.25, 0.3) is 0 Å². The lowest BCUT2D eigenvalue weighted by Crippen LogP contribution is -2.48. The van der Waals surface area contributed by atoms with E-state index in [9.17, 15) is 9.59 Å². The van der Waals surface area contributed by atoms with Gasteiger partial charge in [0.1, 0.15) is 6.04 Å². The lowest BCUT2D eigenvalue weighted by atomic mass is 9.86. The van der Waals surface area contributed by atoms with Crippen molar-refractivity contribution >= 4 is 11.8 Å². The molecular formula is C23H37N3O2. The molecule has 1 fully saturated rings. The summed E-state index contributed by atoms with van der Waals surface area (Å²) < 4.78 is 0. The third kappa shape index (κ3) is 6.62.